The number of fused-ring (bicyclic) bond motifs is 1. The van der Waals surface area contributed by atoms with E-state index in [0.717, 1.165) is 29.7 Å². The van der Waals surface area contributed by atoms with Gasteiger partial charge in [-0.05, 0) is 58.0 Å². The second-order valence-electron chi connectivity index (χ2n) is 10.6. The predicted octanol–water partition coefficient (Wildman–Crippen LogP) is 2.63. The Kier molecular flexibility index (Phi) is 8.94. The van der Waals surface area contributed by atoms with Crippen molar-refractivity contribution in [2.45, 2.75) is 44.7 Å². The third kappa shape index (κ3) is 6.78. The number of benzene rings is 1. The van der Waals surface area contributed by atoms with Crippen molar-refractivity contribution in [3.05, 3.63) is 40.5 Å². The molecule has 1 fully saturated rings. The van der Waals surface area contributed by atoms with Crippen LogP contribution in [-0.2, 0) is 21.5 Å². The number of likely N-dealkylation sites (N-methyl/N-ethyl adjacent to an activating group) is 1. The maximum absolute atomic E-state index is 12.4. The van der Waals surface area contributed by atoms with E-state index in [2.05, 4.69) is 30.6 Å². The van der Waals surface area contributed by atoms with Gasteiger partial charge in [-0.2, -0.15) is 4.98 Å². The zero-order chi connectivity index (χ0) is 28.2. The van der Waals surface area contributed by atoms with Gasteiger partial charge in [0.2, 0.25) is 11.8 Å². The van der Waals surface area contributed by atoms with Gasteiger partial charge in [-0.25, -0.2) is 9.98 Å². The van der Waals surface area contributed by atoms with E-state index >= 15 is 0 Å². The highest BCUT2D eigenvalue weighted by Crippen LogP contribution is 2.39. The van der Waals surface area contributed by atoms with Crippen molar-refractivity contribution in [3.8, 4) is 0 Å². The lowest BCUT2D eigenvalue weighted by atomic mass is 9.83. The molecule has 4 rings (SSSR count). The van der Waals surface area contributed by atoms with Crippen molar-refractivity contribution in [2.24, 2.45) is 15.7 Å². The maximum Gasteiger partial charge on any atom is 0.251 e. The van der Waals surface area contributed by atoms with Crippen LogP contribution in [0.1, 0.15) is 37.8 Å². The van der Waals surface area contributed by atoms with Gasteiger partial charge in [-0.15, -0.1) is 0 Å². The van der Waals surface area contributed by atoms with E-state index in [4.69, 9.17) is 17.3 Å². The number of hydrogen-bond donors (Lipinski definition) is 3. The Morgan fingerprint density at radius 3 is 2.77 bits per heavy atom. The van der Waals surface area contributed by atoms with E-state index in [1.807, 2.05) is 55.9 Å². The largest absolute Gasteiger partial charge is 0.365 e. The zero-order valence-corrected chi connectivity index (χ0v) is 23.6. The summed E-state index contributed by atoms with van der Waals surface area (Å²) < 4.78 is 0. The summed E-state index contributed by atoms with van der Waals surface area (Å²) in [5.41, 5.74) is 8.59. The number of nitrogens with one attached hydrogen (secondary N) is 2. The number of carbonyl (C=O) groups excluding carboxylic acids is 2. The number of rotatable bonds is 9. The van der Waals surface area contributed by atoms with Crippen LogP contribution < -0.4 is 16.4 Å². The first kappa shape index (κ1) is 28.6. The van der Waals surface area contributed by atoms with Gasteiger partial charge < -0.3 is 26.2 Å². The van der Waals surface area contributed by atoms with Crippen molar-refractivity contribution in [1.82, 2.24) is 19.8 Å². The fraction of sp³-hybridized carbons (Fsp3) is 0.481. The predicted molar refractivity (Wildman–Crippen MR) is 155 cm³/mol. The Balaban J connectivity index is 1.41. The number of aliphatic imine (C=N–C) groups is 2. The topological polar surface area (TPSA) is 141 Å². The number of carbonyl (C=O) groups is 2. The van der Waals surface area contributed by atoms with Gasteiger partial charge in [-0.1, -0.05) is 23.7 Å². The van der Waals surface area contributed by atoms with Crippen LogP contribution in [0.2, 0.25) is 5.02 Å². The number of aromatic nitrogens is 2. The van der Waals surface area contributed by atoms with E-state index in [9.17, 15) is 9.59 Å². The summed E-state index contributed by atoms with van der Waals surface area (Å²) >= 11 is 6.37. The number of halogens is 1. The molecule has 0 radical (unpaired) electrons. The lowest BCUT2D eigenvalue weighted by molar-refractivity contribution is -0.132. The van der Waals surface area contributed by atoms with E-state index in [-0.39, 0.29) is 30.3 Å². The molecule has 11 nitrogen and oxygen atoms in total. The third-order valence-electron chi connectivity index (χ3n) is 6.93. The number of piperidine rings is 1. The number of amides is 2. The van der Waals surface area contributed by atoms with Crippen LogP contribution in [0.15, 0.2) is 34.4 Å². The number of nitrogens with two attached hydrogens (primary N) is 1. The molecule has 0 atom stereocenters. The van der Waals surface area contributed by atoms with Gasteiger partial charge in [0.1, 0.15) is 5.02 Å². The Morgan fingerprint density at radius 2 is 2.08 bits per heavy atom. The average Bonchev–Trinajstić information content (AvgIpc) is 3.14. The Bertz CT molecular complexity index is 1280. The summed E-state index contributed by atoms with van der Waals surface area (Å²) in [6, 6.07) is 5.90. The monoisotopic (exact) mass is 553 g/mol. The lowest BCUT2D eigenvalue weighted by Gasteiger charge is -2.31. The Morgan fingerprint density at radius 1 is 1.33 bits per heavy atom. The number of hydrogen-bond acceptors (Lipinski definition) is 9. The van der Waals surface area contributed by atoms with E-state index in [0.29, 0.717) is 42.7 Å². The molecule has 39 heavy (non-hydrogen) atoms. The summed E-state index contributed by atoms with van der Waals surface area (Å²) in [6.45, 7) is 6.19. The molecule has 12 heteroatoms. The summed E-state index contributed by atoms with van der Waals surface area (Å²) in [7, 11) is 3.78. The van der Waals surface area contributed by atoms with Crippen LogP contribution in [-0.4, -0.2) is 89.8 Å². The number of anilines is 2. The molecule has 0 saturated carbocycles. The van der Waals surface area contributed by atoms with Crippen molar-refractivity contribution in [2.75, 3.05) is 50.9 Å². The maximum atomic E-state index is 12.4. The van der Waals surface area contributed by atoms with Gasteiger partial charge in [0.05, 0.1) is 29.9 Å². The van der Waals surface area contributed by atoms with Crippen molar-refractivity contribution in [1.29, 1.82) is 0 Å². The summed E-state index contributed by atoms with van der Waals surface area (Å²) in [4.78, 5) is 46.3. The molecule has 1 saturated heterocycles. The van der Waals surface area contributed by atoms with Crippen LogP contribution in [0.3, 0.4) is 0 Å². The molecule has 1 aromatic carbocycles. The van der Waals surface area contributed by atoms with Crippen LogP contribution in [0.5, 0.6) is 0 Å². The number of nitrogens with zero attached hydrogens (tertiary/aromatic N) is 6. The molecule has 0 spiro atoms. The molecule has 2 aliphatic rings. The Hall–Kier alpha value is -3.41. The summed E-state index contributed by atoms with van der Waals surface area (Å²) in [5.74, 6) is 0.761. The second-order valence-corrected chi connectivity index (χ2v) is 11.0. The van der Waals surface area contributed by atoms with Gasteiger partial charge >= 0.3 is 0 Å². The fourth-order valence-electron chi connectivity index (χ4n) is 4.78. The molecule has 2 aromatic rings. The minimum Gasteiger partial charge on any atom is -0.365 e. The minimum atomic E-state index is -0.633. The third-order valence-corrected chi connectivity index (χ3v) is 7.20. The zero-order valence-electron chi connectivity index (χ0n) is 22.9. The van der Waals surface area contributed by atoms with Gasteiger partial charge in [0, 0.05) is 38.1 Å². The smallest absolute Gasteiger partial charge is 0.251 e. The summed E-state index contributed by atoms with van der Waals surface area (Å²) in [6.07, 6.45) is 4.75. The molecule has 0 bridgehead atoms. The molecule has 2 amide bonds. The molecule has 208 valence electrons. The van der Waals surface area contributed by atoms with Gasteiger partial charge in [0.25, 0.3) is 5.95 Å². The first-order chi connectivity index (χ1) is 18.6. The normalized spacial score (nSPS) is 17.6. The van der Waals surface area contributed by atoms with Crippen molar-refractivity contribution < 1.29 is 9.59 Å². The van der Waals surface area contributed by atoms with Gasteiger partial charge in [-0.3, -0.25) is 14.6 Å². The molecular weight excluding hydrogens is 518 g/mol. The number of likely N-dealkylation sites (tertiary alicyclic amines) is 1. The van der Waals surface area contributed by atoms with E-state index < -0.39 is 5.41 Å². The quantitative estimate of drug-likeness (QED) is 0.405. The lowest BCUT2D eigenvalue weighted by Crippen LogP contribution is -2.43. The highest BCUT2D eigenvalue weighted by atomic mass is 35.5. The fourth-order valence-corrected chi connectivity index (χ4v) is 4.94. The van der Waals surface area contributed by atoms with Crippen molar-refractivity contribution in [3.63, 3.8) is 0 Å². The highest BCUT2D eigenvalue weighted by Gasteiger charge is 2.39. The van der Waals surface area contributed by atoms with E-state index in [1.54, 1.807) is 6.21 Å². The van der Waals surface area contributed by atoms with Crippen LogP contribution >= 0.6 is 11.6 Å². The molecular formula is C27H36ClN9O2. The van der Waals surface area contributed by atoms with Crippen molar-refractivity contribution >= 4 is 52.8 Å². The average molecular weight is 554 g/mol. The molecule has 4 N–H and O–H groups in total. The van der Waals surface area contributed by atoms with Crippen LogP contribution in [0.25, 0.3) is 0 Å². The van der Waals surface area contributed by atoms with E-state index in [1.165, 1.54) is 6.20 Å². The van der Waals surface area contributed by atoms with Crippen LogP contribution in [0, 0.1) is 0 Å². The molecule has 0 aliphatic carbocycles. The Labute approximate surface area is 233 Å². The van der Waals surface area contributed by atoms with Crippen LogP contribution in [0.4, 0.5) is 17.5 Å². The molecule has 1 aromatic heterocycles. The highest BCUT2D eigenvalue weighted by molar-refractivity contribution is 6.33. The van der Waals surface area contributed by atoms with Gasteiger partial charge in [0.15, 0.2) is 5.82 Å². The first-order valence-electron chi connectivity index (χ1n) is 13.0. The second kappa shape index (κ2) is 12.2. The summed E-state index contributed by atoms with van der Waals surface area (Å²) in [5, 5.41) is 6.56. The first-order valence-corrected chi connectivity index (χ1v) is 13.4. The molecule has 3 heterocycles. The molecule has 2 aliphatic heterocycles. The standard InChI is InChI=1S/C27H36ClN9O2/c1-27(2)23-17(6-5-7-21(23)34-25(27)39)13-31-24-20(28)15-32-26(35-24)33-19(12-29)14-30-18-8-10-37(11-9-18)22(38)16-36(3)4/h5-7,14-15,18H,8-13,16,29H2,1-4H3,(H,34,39)(H,31,32,35). The molecule has 0 unspecified atom stereocenters. The SMILES string of the molecule is CN(C)CC(=O)N1CCC(N=CC(CN)=Nc2ncc(Cl)c(NCc3cccc4c3C(C)(C)C(=O)N4)n2)CC1. The minimum absolute atomic E-state index is 0.0269.